The van der Waals surface area contributed by atoms with Crippen molar-refractivity contribution in [3.8, 4) is 0 Å². The normalized spacial score (nSPS) is 9.36. The van der Waals surface area contributed by atoms with Crippen molar-refractivity contribution in [2.75, 3.05) is 7.05 Å². The predicted octanol–water partition coefficient (Wildman–Crippen LogP) is -2.20. The average Bonchev–Trinajstić information content (AvgIpc) is 2.41. The minimum Gasteiger partial charge on any atom is -0.619 e. The van der Waals surface area contributed by atoms with Crippen molar-refractivity contribution in [3.63, 3.8) is 0 Å². The molecule has 0 fully saturated rings. The molecule has 0 aliphatic rings. The molecule has 1 aromatic rings. The SMILES string of the molecule is C[N-]n1c(CO)cc(Br)c1C(=N)N.[K+]. The van der Waals surface area contributed by atoms with Crippen LogP contribution < -0.4 is 57.1 Å². The third-order valence-electron chi connectivity index (χ3n) is 1.62. The van der Waals surface area contributed by atoms with Gasteiger partial charge in [-0.1, -0.05) is 0 Å². The summed E-state index contributed by atoms with van der Waals surface area (Å²) < 4.78 is 2.10. The van der Waals surface area contributed by atoms with Crippen LogP contribution in [0.2, 0.25) is 0 Å². The van der Waals surface area contributed by atoms with Gasteiger partial charge in [0.25, 0.3) is 0 Å². The van der Waals surface area contributed by atoms with Crippen molar-refractivity contribution in [2.45, 2.75) is 6.61 Å². The van der Waals surface area contributed by atoms with Gasteiger partial charge in [-0.2, -0.15) is 0 Å². The number of hydrogen-bond donors (Lipinski definition) is 3. The molecular weight excluding hydrogens is 275 g/mol. The van der Waals surface area contributed by atoms with Crippen LogP contribution in [-0.4, -0.2) is 22.7 Å². The Bertz CT molecular complexity index is 339. The average molecular weight is 285 g/mol. The Kier molecular flexibility index (Phi) is 6.54. The smallest absolute Gasteiger partial charge is 0.619 e. The monoisotopic (exact) mass is 284 g/mol. The summed E-state index contributed by atoms with van der Waals surface area (Å²) in [5, 5.41) is 16.3. The molecule has 0 bridgehead atoms. The Morgan fingerprint density at radius 2 is 2.36 bits per heavy atom. The van der Waals surface area contributed by atoms with Gasteiger partial charge in [-0.05, 0) is 22.0 Å². The molecule has 0 saturated carbocycles. The zero-order valence-electron chi connectivity index (χ0n) is 8.08. The molecule has 4 N–H and O–H groups in total. The van der Waals surface area contributed by atoms with Crippen LogP contribution in [0.25, 0.3) is 5.43 Å². The zero-order valence-corrected chi connectivity index (χ0v) is 12.8. The number of nitrogens with two attached hydrogens (primary N) is 1. The topological polar surface area (TPSA) is 89.1 Å². The number of halogens is 1. The minimum atomic E-state index is -0.136. The van der Waals surface area contributed by atoms with Crippen LogP contribution >= 0.6 is 15.9 Å². The van der Waals surface area contributed by atoms with E-state index in [-0.39, 0.29) is 63.8 Å². The van der Waals surface area contributed by atoms with Crippen molar-refractivity contribution in [1.29, 1.82) is 5.41 Å². The first kappa shape index (κ1) is 14.6. The minimum absolute atomic E-state index is 0. The van der Waals surface area contributed by atoms with Gasteiger partial charge in [0, 0.05) is 10.2 Å². The van der Waals surface area contributed by atoms with E-state index in [0.717, 1.165) is 0 Å². The molecule has 0 aliphatic heterocycles. The predicted molar refractivity (Wildman–Crippen MR) is 53.8 cm³/mol. The van der Waals surface area contributed by atoms with Gasteiger partial charge < -0.3 is 20.9 Å². The van der Waals surface area contributed by atoms with Gasteiger partial charge in [0.05, 0.1) is 12.3 Å². The van der Waals surface area contributed by atoms with Crippen LogP contribution in [-0.2, 0) is 6.61 Å². The van der Waals surface area contributed by atoms with E-state index in [9.17, 15) is 0 Å². The molecule has 0 aliphatic carbocycles. The van der Waals surface area contributed by atoms with Crippen LogP contribution in [0.4, 0.5) is 0 Å². The summed E-state index contributed by atoms with van der Waals surface area (Å²) in [7, 11) is 1.57. The van der Waals surface area contributed by atoms with Crippen LogP contribution in [0.3, 0.4) is 0 Å². The number of aromatic nitrogens is 1. The number of nitrogens with one attached hydrogen (secondary N) is 1. The van der Waals surface area contributed by atoms with E-state index in [0.29, 0.717) is 15.9 Å². The number of amidine groups is 1. The number of hydrogen-bond acceptors (Lipinski definition) is 2. The number of nitrogen functional groups attached to an aromatic ring is 1. The van der Waals surface area contributed by atoms with E-state index in [2.05, 4.69) is 21.4 Å². The number of nitrogens with zero attached hydrogens (tertiary/aromatic N) is 2. The number of aliphatic hydroxyl groups is 1. The third kappa shape index (κ3) is 2.81. The molecule has 1 heterocycles. The van der Waals surface area contributed by atoms with E-state index < -0.39 is 0 Å². The summed E-state index contributed by atoms with van der Waals surface area (Å²) in [6.07, 6.45) is 0. The number of aliphatic hydroxyl groups excluding tert-OH is 1. The standard InChI is InChI=1S/C7H10BrN4O.K/c1-11-12-4(3-13)2-5(8)6(12)7(9)10;/h2,13H,3H2,1H3,(H3,9,10);/q-1;+1. The van der Waals surface area contributed by atoms with E-state index >= 15 is 0 Å². The van der Waals surface area contributed by atoms with Gasteiger partial charge >= 0.3 is 51.4 Å². The first-order valence-electron chi connectivity index (χ1n) is 3.57. The first-order valence-corrected chi connectivity index (χ1v) is 4.36. The molecule has 72 valence electrons. The van der Waals surface area contributed by atoms with Crippen molar-refractivity contribution in [1.82, 2.24) is 4.68 Å². The summed E-state index contributed by atoms with van der Waals surface area (Å²) in [5.74, 6) is -0.0859. The molecule has 0 atom stereocenters. The molecule has 1 rings (SSSR count). The third-order valence-corrected chi connectivity index (χ3v) is 2.23. The maximum atomic E-state index is 8.96. The molecule has 7 heteroatoms. The summed E-state index contributed by atoms with van der Waals surface area (Å²) in [5.41, 5.74) is 10.3. The van der Waals surface area contributed by atoms with Crippen molar-refractivity contribution >= 4 is 21.8 Å². The maximum Gasteiger partial charge on any atom is 1.00 e. The van der Waals surface area contributed by atoms with Crippen LogP contribution in [0.1, 0.15) is 11.4 Å². The molecular formula is C7H10BrKN4O. The molecule has 1 aromatic heterocycles. The Hall–Kier alpha value is 0.626. The van der Waals surface area contributed by atoms with Crippen molar-refractivity contribution in [3.05, 3.63) is 27.4 Å². The largest absolute Gasteiger partial charge is 1.00 e. The number of rotatable bonds is 3. The molecule has 0 radical (unpaired) electrons. The van der Waals surface area contributed by atoms with Crippen molar-refractivity contribution in [2.24, 2.45) is 5.73 Å². The van der Waals surface area contributed by atoms with Crippen LogP contribution in [0, 0.1) is 5.41 Å². The van der Waals surface area contributed by atoms with Crippen LogP contribution in [0.5, 0.6) is 0 Å². The quantitative estimate of drug-likeness (QED) is 0.334. The second-order valence-electron chi connectivity index (χ2n) is 2.42. The van der Waals surface area contributed by atoms with Gasteiger partial charge in [-0.3, -0.25) is 5.41 Å². The fourth-order valence-electron chi connectivity index (χ4n) is 1.10. The molecule has 0 spiro atoms. The Morgan fingerprint density at radius 1 is 1.79 bits per heavy atom. The molecule has 5 nitrogen and oxygen atoms in total. The Morgan fingerprint density at radius 3 is 2.71 bits per heavy atom. The molecule has 0 aromatic carbocycles. The summed E-state index contributed by atoms with van der Waals surface area (Å²) in [6, 6.07) is 1.68. The Balaban J connectivity index is 0.00000169. The molecule has 0 saturated heterocycles. The zero-order chi connectivity index (χ0) is 10.0. The second kappa shape index (κ2) is 6.26. The summed E-state index contributed by atoms with van der Waals surface area (Å²) >= 11 is 3.24. The van der Waals surface area contributed by atoms with Gasteiger partial charge in [0.1, 0.15) is 5.84 Å². The van der Waals surface area contributed by atoms with E-state index in [1.807, 2.05) is 0 Å². The maximum absolute atomic E-state index is 8.96. The van der Waals surface area contributed by atoms with E-state index in [4.69, 9.17) is 16.2 Å². The summed E-state index contributed by atoms with van der Waals surface area (Å²) in [4.78, 5) is 0. The van der Waals surface area contributed by atoms with Crippen molar-refractivity contribution < 1.29 is 56.5 Å². The van der Waals surface area contributed by atoms with Gasteiger partial charge in [0.2, 0.25) is 0 Å². The fourth-order valence-corrected chi connectivity index (χ4v) is 1.75. The molecule has 0 unspecified atom stereocenters. The van der Waals surface area contributed by atoms with Gasteiger partial charge in [0.15, 0.2) is 0 Å². The van der Waals surface area contributed by atoms with Gasteiger partial charge in [-0.25, -0.2) is 0 Å². The molecule has 14 heavy (non-hydrogen) atoms. The Labute approximate surface area is 133 Å². The van der Waals surface area contributed by atoms with Gasteiger partial charge in [-0.15, -0.1) is 7.05 Å². The fraction of sp³-hybridized carbons (Fsp3) is 0.286. The second-order valence-corrected chi connectivity index (χ2v) is 3.27. The van der Waals surface area contributed by atoms with Crippen LogP contribution in [0.15, 0.2) is 10.5 Å². The van der Waals surface area contributed by atoms with E-state index in [1.54, 1.807) is 13.1 Å². The first-order chi connectivity index (χ1) is 6.11. The van der Waals surface area contributed by atoms with E-state index in [1.165, 1.54) is 4.68 Å². The summed E-state index contributed by atoms with van der Waals surface area (Å²) in [6.45, 7) is -0.136. The molecule has 0 amide bonds.